The number of hydrogen-bond acceptors (Lipinski definition) is 4. The highest BCUT2D eigenvalue weighted by atomic mass is 16.6. The maximum Gasteiger partial charge on any atom is 0.485 e. The molecule has 0 N–H and O–H groups in total. The summed E-state index contributed by atoms with van der Waals surface area (Å²) in [7, 11) is -0.746. The molecule has 2 saturated heterocycles. The van der Waals surface area contributed by atoms with Crippen LogP contribution in [-0.2, 0) is 18.6 Å². The van der Waals surface area contributed by atoms with Crippen LogP contribution >= 0.6 is 0 Å². The molecule has 0 spiro atoms. The van der Waals surface area contributed by atoms with Crippen molar-refractivity contribution in [3.63, 3.8) is 0 Å². The number of rotatable bonds is 3. The van der Waals surface area contributed by atoms with Gasteiger partial charge in [-0.3, -0.25) is 0 Å². The largest absolute Gasteiger partial charge is 0.485 e. The van der Waals surface area contributed by atoms with E-state index in [9.17, 15) is 0 Å². The van der Waals surface area contributed by atoms with E-state index in [4.69, 9.17) is 18.6 Å². The Bertz CT molecular complexity index is 460. The van der Waals surface area contributed by atoms with Gasteiger partial charge in [-0.15, -0.1) is 0 Å². The second-order valence-electron chi connectivity index (χ2n) is 5.30. The van der Waals surface area contributed by atoms with Gasteiger partial charge in [-0.2, -0.15) is 0 Å². The SMILES string of the molecule is CC(=C(B1OCCCO1)B1OCCCO1)c1ccccc1. The number of allylic oxidation sites excluding steroid dienone is 1. The Balaban J connectivity index is 1.93. The van der Waals surface area contributed by atoms with Gasteiger partial charge in [0.25, 0.3) is 0 Å². The minimum Gasteiger partial charge on any atom is -0.408 e. The molecule has 4 nitrogen and oxygen atoms in total. The highest BCUT2D eigenvalue weighted by Gasteiger charge is 2.40. The second kappa shape index (κ2) is 7.27. The lowest BCUT2D eigenvalue weighted by molar-refractivity contribution is 0.127. The summed E-state index contributed by atoms with van der Waals surface area (Å²) in [5.74, 6) is 0. The predicted octanol–water partition coefficient (Wildman–Crippen LogP) is 2.39. The first kappa shape index (κ1) is 14.9. The Labute approximate surface area is 126 Å². The third kappa shape index (κ3) is 3.58. The van der Waals surface area contributed by atoms with Crippen LogP contribution in [0.5, 0.6) is 0 Å². The molecule has 0 saturated carbocycles. The summed E-state index contributed by atoms with van der Waals surface area (Å²) < 4.78 is 23.2. The van der Waals surface area contributed by atoms with Crippen molar-refractivity contribution < 1.29 is 18.6 Å². The first-order valence-electron chi connectivity index (χ1n) is 7.59. The van der Waals surface area contributed by atoms with Crippen LogP contribution in [0.4, 0.5) is 0 Å². The van der Waals surface area contributed by atoms with Gasteiger partial charge in [0, 0.05) is 26.4 Å². The molecule has 2 aliphatic rings. The van der Waals surface area contributed by atoms with E-state index in [1.165, 1.54) is 0 Å². The zero-order valence-corrected chi connectivity index (χ0v) is 12.4. The third-order valence-corrected chi connectivity index (χ3v) is 3.80. The van der Waals surface area contributed by atoms with Crippen molar-refractivity contribution in [2.24, 2.45) is 0 Å². The minimum absolute atomic E-state index is 0.373. The highest BCUT2D eigenvalue weighted by molar-refractivity contribution is 6.79. The molecule has 21 heavy (non-hydrogen) atoms. The van der Waals surface area contributed by atoms with Gasteiger partial charge in [0.05, 0.1) is 0 Å². The Morgan fingerprint density at radius 1 is 0.810 bits per heavy atom. The van der Waals surface area contributed by atoms with Crippen LogP contribution in [0.25, 0.3) is 5.57 Å². The van der Waals surface area contributed by atoms with E-state index in [0.29, 0.717) is 26.4 Å². The molecule has 0 amide bonds. The average Bonchev–Trinajstić information content (AvgIpc) is 2.58. The van der Waals surface area contributed by atoms with Gasteiger partial charge >= 0.3 is 14.2 Å². The van der Waals surface area contributed by atoms with Crippen molar-refractivity contribution in [2.75, 3.05) is 26.4 Å². The Kier molecular flexibility index (Phi) is 5.14. The lowest BCUT2D eigenvalue weighted by Crippen LogP contribution is -2.43. The topological polar surface area (TPSA) is 36.9 Å². The molecule has 0 aliphatic carbocycles. The van der Waals surface area contributed by atoms with Gasteiger partial charge in [-0.25, -0.2) is 0 Å². The fraction of sp³-hybridized carbons (Fsp3) is 0.467. The molecule has 0 aromatic heterocycles. The van der Waals surface area contributed by atoms with E-state index in [1.807, 2.05) is 18.2 Å². The molecule has 6 heteroatoms. The summed E-state index contributed by atoms with van der Waals surface area (Å²) in [5.41, 5.74) is 2.25. The van der Waals surface area contributed by atoms with E-state index in [-0.39, 0.29) is 14.2 Å². The first-order valence-corrected chi connectivity index (χ1v) is 7.59. The predicted molar refractivity (Wildman–Crippen MR) is 83.6 cm³/mol. The quantitative estimate of drug-likeness (QED) is 0.799. The molecule has 110 valence electrons. The zero-order valence-electron chi connectivity index (χ0n) is 12.4. The van der Waals surface area contributed by atoms with Gasteiger partial charge in [-0.05, 0) is 30.7 Å². The number of hydrogen-bond donors (Lipinski definition) is 0. The minimum atomic E-state index is -0.373. The maximum absolute atomic E-state index is 5.80. The molecular formula is C15H20B2O4. The zero-order chi connectivity index (χ0) is 14.5. The van der Waals surface area contributed by atoms with Crippen molar-refractivity contribution in [3.8, 4) is 0 Å². The van der Waals surface area contributed by atoms with Crippen molar-refractivity contribution in [3.05, 3.63) is 41.3 Å². The third-order valence-electron chi connectivity index (χ3n) is 3.80. The molecule has 1 aromatic rings. The van der Waals surface area contributed by atoms with Gasteiger partial charge < -0.3 is 18.6 Å². The molecule has 2 fully saturated rings. The molecule has 3 rings (SSSR count). The van der Waals surface area contributed by atoms with Crippen molar-refractivity contribution in [1.29, 1.82) is 0 Å². The van der Waals surface area contributed by atoms with Crippen LogP contribution in [0, 0.1) is 0 Å². The lowest BCUT2D eigenvalue weighted by Gasteiger charge is -2.29. The summed E-state index contributed by atoms with van der Waals surface area (Å²) in [6.45, 7) is 4.92. The van der Waals surface area contributed by atoms with Crippen LogP contribution in [0.15, 0.2) is 35.7 Å². The molecule has 2 heterocycles. The Morgan fingerprint density at radius 2 is 1.29 bits per heavy atom. The van der Waals surface area contributed by atoms with Crippen molar-refractivity contribution >= 4 is 19.8 Å². The molecule has 1 aromatic carbocycles. The van der Waals surface area contributed by atoms with Crippen molar-refractivity contribution in [1.82, 2.24) is 0 Å². The lowest BCUT2D eigenvalue weighted by atomic mass is 9.54. The summed E-state index contributed by atoms with van der Waals surface area (Å²) in [6, 6.07) is 10.2. The van der Waals surface area contributed by atoms with Crippen LogP contribution in [0.2, 0.25) is 0 Å². The molecule has 0 radical (unpaired) electrons. The number of benzene rings is 1. The fourth-order valence-corrected chi connectivity index (χ4v) is 2.65. The standard InChI is InChI=1S/C15H20B2O4/c1-13(14-7-3-2-4-8-14)15(16-18-9-5-10-19-16)17-20-11-6-12-21-17/h2-4,7-8H,5-6,9-12H2,1H3. The van der Waals surface area contributed by atoms with Crippen LogP contribution in [-0.4, -0.2) is 40.7 Å². The van der Waals surface area contributed by atoms with Crippen LogP contribution < -0.4 is 0 Å². The van der Waals surface area contributed by atoms with Gasteiger partial charge in [0.15, 0.2) is 0 Å². The summed E-state index contributed by atoms with van der Waals surface area (Å²) >= 11 is 0. The van der Waals surface area contributed by atoms with Gasteiger partial charge in [-0.1, -0.05) is 35.9 Å². The first-order chi connectivity index (χ1) is 10.4. The van der Waals surface area contributed by atoms with Crippen LogP contribution in [0.1, 0.15) is 25.3 Å². The molecular weight excluding hydrogens is 266 g/mol. The normalized spacial score (nSPS) is 19.5. The van der Waals surface area contributed by atoms with E-state index < -0.39 is 0 Å². The Hall–Kier alpha value is -1.07. The monoisotopic (exact) mass is 286 g/mol. The summed E-state index contributed by atoms with van der Waals surface area (Å²) in [6.07, 6.45) is 1.86. The van der Waals surface area contributed by atoms with Crippen molar-refractivity contribution in [2.45, 2.75) is 19.8 Å². The molecule has 0 unspecified atom stereocenters. The maximum atomic E-state index is 5.80. The van der Waals surface area contributed by atoms with Crippen LogP contribution in [0.3, 0.4) is 0 Å². The van der Waals surface area contributed by atoms with E-state index in [0.717, 1.165) is 29.4 Å². The molecule has 0 bridgehead atoms. The van der Waals surface area contributed by atoms with Gasteiger partial charge in [0.2, 0.25) is 0 Å². The van der Waals surface area contributed by atoms with E-state index in [2.05, 4.69) is 19.1 Å². The second-order valence-corrected chi connectivity index (χ2v) is 5.30. The van der Waals surface area contributed by atoms with Gasteiger partial charge in [0.1, 0.15) is 0 Å². The summed E-state index contributed by atoms with van der Waals surface area (Å²) in [5, 5.41) is 0.959. The molecule has 2 aliphatic heterocycles. The summed E-state index contributed by atoms with van der Waals surface area (Å²) in [4.78, 5) is 0. The smallest absolute Gasteiger partial charge is 0.408 e. The fourth-order valence-electron chi connectivity index (χ4n) is 2.65. The average molecular weight is 286 g/mol. The molecule has 0 atom stereocenters. The highest BCUT2D eigenvalue weighted by Crippen LogP contribution is 2.26. The van der Waals surface area contributed by atoms with E-state index >= 15 is 0 Å². The van der Waals surface area contributed by atoms with E-state index in [1.54, 1.807) is 0 Å². The Morgan fingerprint density at radius 3 is 1.76 bits per heavy atom.